The Morgan fingerprint density at radius 3 is 0.384 bits per heavy atom. The van der Waals surface area contributed by atoms with E-state index in [9.17, 15) is 10.2 Å². The van der Waals surface area contributed by atoms with Gasteiger partial charge in [0.25, 0.3) is 0 Å². The summed E-state index contributed by atoms with van der Waals surface area (Å²) in [6.07, 6.45) is -3.29. The quantitative estimate of drug-likeness (QED) is 0.0252. The average molecular weight is 1660 g/mol. The lowest BCUT2D eigenvalue weighted by Gasteiger charge is -2.33. The molecular formula is C71H146O41. The maximum absolute atomic E-state index is 9.19. The van der Waals surface area contributed by atoms with Gasteiger partial charge < -0.3 is 199 Å². The third-order valence-electron chi connectivity index (χ3n) is 13.8. The van der Waals surface area contributed by atoms with Gasteiger partial charge in [-0.05, 0) is 0 Å². The SMILES string of the molecule is OCCOCCOCC(COCC(COCC(COCC(COCC(COCC(COCCOCCO)OCCOCCO)OCCOCCO)OCCOCCO)OCCOCCO)OCCOCCO)OCCOCCO.OCCOCCOCC(COCCOCCO)(COCCOCCO)COCCOCCO. The molecule has 0 aromatic carbocycles. The van der Waals surface area contributed by atoms with Crippen molar-refractivity contribution in [3.63, 3.8) is 0 Å². The summed E-state index contributed by atoms with van der Waals surface area (Å²) in [7, 11) is 0. The van der Waals surface area contributed by atoms with Crippen molar-refractivity contribution >= 4 is 0 Å². The van der Waals surface area contributed by atoms with Gasteiger partial charge >= 0.3 is 0 Å². The molecular weight excluding hydrogens is 1510 g/mol. The van der Waals surface area contributed by atoms with Crippen LogP contribution in [0.25, 0.3) is 0 Å². The van der Waals surface area contributed by atoms with E-state index < -0.39 is 42.0 Å². The predicted octanol–water partition coefficient (Wildman–Crippen LogP) is -6.44. The average Bonchev–Trinajstić information content (AvgIpc) is 0.869. The van der Waals surface area contributed by atoms with Crippen molar-refractivity contribution in [3.8, 4) is 0 Å². The normalized spacial score (nSPS) is 13.6. The topological polar surface area (TPSA) is 510 Å². The van der Waals surface area contributed by atoms with Crippen molar-refractivity contribution < 1.29 is 199 Å². The number of aliphatic hydroxyl groups is 12. The summed E-state index contributed by atoms with van der Waals surface area (Å²) in [5.41, 5.74) is -0.623. The number of hydrogen-bond acceptors (Lipinski definition) is 41. The Labute approximate surface area is 661 Å². The molecule has 6 unspecified atom stereocenters. The smallest absolute Gasteiger partial charge is 0.104 e. The van der Waals surface area contributed by atoms with Crippen LogP contribution in [0.15, 0.2) is 0 Å². The monoisotopic (exact) mass is 1650 g/mol. The number of hydrogen-bond donors (Lipinski definition) is 12. The van der Waals surface area contributed by atoms with Gasteiger partial charge in [0.05, 0.1) is 428 Å². The summed E-state index contributed by atoms with van der Waals surface area (Å²) in [4.78, 5) is 0. The molecule has 0 aliphatic heterocycles. The second kappa shape index (κ2) is 96.5. The van der Waals surface area contributed by atoms with E-state index in [1.54, 1.807) is 0 Å². The van der Waals surface area contributed by atoms with Crippen LogP contribution in [0.2, 0.25) is 0 Å². The maximum Gasteiger partial charge on any atom is 0.104 e. The minimum absolute atomic E-state index is 0.0471. The van der Waals surface area contributed by atoms with E-state index in [1.165, 1.54) is 0 Å². The van der Waals surface area contributed by atoms with Gasteiger partial charge in [-0.15, -0.1) is 0 Å². The molecule has 0 fully saturated rings. The van der Waals surface area contributed by atoms with Crippen LogP contribution in [0.5, 0.6) is 0 Å². The minimum atomic E-state index is -0.623. The van der Waals surface area contributed by atoms with Crippen LogP contribution in [-0.2, 0) is 137 Å². The lowest BCUT2D eigenvalue weighted by Crippen LogP contribution is -2.43. The summed E-state index contributed by atoms with van der Waals surface area (Å²) >= 11 is 0. The second-order valence-corrected chi connectivity index (χ2v) is 23.5. The van der Waals surface area contributed by atoms with E-state index in [0.29, 0.717) is 66.1 Å². The number of aliphatic hydroxyl groups excluding tert-OH is 12. The first kappa shape index (κ1) is 112. The molecule has 0 bridgehead atoms. The summed E-state index contributed by atoms with van der Waals surface area (Å²) in [5, 5.41) is 108. The fraction of sp³-hybridized carbons (Fsp3) is 1.00. The lowest BCUT2D eigenvalue weighted by atomic mass is 9.92. The van der Waals surface area contributed by atoms with Gasteiger partial charge in [-0.2, -0.15) is 0 Å². The molecule has 6 atom stereocenters. The highest BCUT2D eigenvalue weighted by atomic mass is 16.6. The summed E-state index contributed by atoms with van der Waals surface area (Å²) in [5.74, 6) is 0. The number of ether oxygens (including phenoxy) is 29. The van der Waals surface area contributed by atoms with Crippen LogP contribution >= 0.6 is 0 Å². The zero-order chi connectivity index (χ0) is 81.7. The molecule has 41 heteroatoms. The molecule has 112 heavy (non-hydrogen) atoms. The van der Waals surface area contributed by atoms with E-state index in [4.69, 9.17) is 188 Å². The molecule has 0 heterocycles. The van der Waals surface area contributed by atoms with Crippen LogP contribution in [0, 0.1) is 5.41 Å². The number of rotatable bonds is 98. The van der Waals surface area contributed by atoms with E-state index >= 15 is 0 Å². The fourth-order valence-electron chi connectivity index (χ4n) is 8.70. The lowest BCUT2D eigenvalue weighted by molar-refractivity contribution is -0.131. The molecule has 0 spiro atoms. The summed E-state index contributed by atoms with van der Waals surface area (Å²) in [6, 6.07) is 0. The molecule has 0 rings (SSSR count). The molecule has 0 radical (unpaired) electrons. The van der Waals surface area contributed by atoms with Crippen molar-refractivity contribution in [1.29, 1.82) is 0 Å². The van der Waals surface area contributed by atoms with Gasteiger partial charge in [-0.1, -0.05) is 0 Å². The third-order valence-corrected chi connectivity index (χ3v) is 13.8. The third kappa shape index (κ3) is 83.4. The maximum atomic E-state index is 9.19. The first-order valence-electron chi connectivity index (χ1n) is 38.5. The zero-order valence-corrected chi connectivity index (χ0v) is 66.4. The molecule has 41 nitrogen and oxygen atoms in total. The molecule has 0 aromatic heterocycles. The van der Waals surface area contributed by atoms with Crippen LogP contribution in [-0.4, -0.2) is 521 Å². The molecule has 12 N–H and O–H groups in total. The van der Waals surface area contributed by atoms with Crippen LogP contribution in [0.1, 0.15) is 0 Å². The van der Waals surface area contributed by atoms with Gasteiger partial charge in [0.15, 0.2) is 0 Å². The Hall–Kier alpha value is -1.64. The second-order valence-electron chi connectivity index (χ2n) is 23.5. The van der Waals surface area contributed by atoms with Crippen molar-refractivity contribution in [2.45, 2.75) is 36.6 Å². The highest BCUT2D eigenvalue weighted by Crippen LogP contribution is 2.21. The highest BCUT2D eigenvalue weighted by Gasteiger charge is 2.33. The van der Waals surface area contributed by atoms with Crippen molar-refractivity contribution in [2.75, 3.05) is 423 Å². The zero-order valence-electron chi connectivity index (χ0n) is 66.4. The standard InChI is InChI=1S/C50H102O29.C21H44O12/c51-1-9-59-17-19-67-33-45(74-27-21-61-11-3-53)35-69-37-47(76-29-23-63-13-5-55)39-71-41-49(78-31-25-65-15-7-57)43-73-44-50(79-32-26-66-16-8-58)42-72-40-48(77-30-24-64-14-6-56)38-70-36-46(75-28-22-62-12-4-54)34-68-20-18-60-10-2-52;22-1-5-26-9-13-30-17-21(18-31-14-10-27-6-2-23,19-32-15-11-28-7-3-24)20-33-16-12-29-8-4-25/h45-58H,1-44H2;22-25H,1-20H2. The van der Waals surface area contributed by atoms with Crippen LogP contribution in [0.4, 0.5) is 0 Å². The Balaban J connectivity index is 0. The van der Waals surface area contributed by atoms with Gasteiger partial charge in [-0.25, -0.2) is 0 Å². The molecule has 0 amide bonds. The largest absolute Gasteiger partial charge is 0.394 e. The van der Waals surface area contributed by atoms with Gasteiger partial charge in [0, 0.05) is 0 Å². The molecule has 0 aliphatic rings. The van der Waals surface area contributed by atoms with Gasteiger partial charge in [-0.3, -0.25) is 0 Å². The Bertz CT molecular complexity index is 1560. The Morgan fingerprint density at radius 2 is 0.241 bits per heavy atom. The van der Waals surface area contributed by atoms with Crippen LogP contribution < -0.4 is 0 Å². The van der Waals surface area contributed by atoms with Crippen molar-refractivity contribution in [3.05, 3.63) is 0 Å². The van der Waals surface area contributed by atoms with E-state index in [2.05, 4.69) is 0 Å². The summed E-state index contributed by atoms with van der Waals surface area (Å²) in [6.45, 7) is 10.0. The fourth-order valence-corrected chi connectivity index (χ4v) is 8.70. The van der Waals surface area contributed by atoms with Crippen LogP contribution in [0.3, 0.4) is 0 Å². The molecule has 0 aliphatic carbocycles. The van der Waals surface area contributed by atoms with E-state index in [1.807, 2.05) is 0 Å². The highest BCUT2D eigenvalue weighted by molar-refractivity contribution is 4.80. The molecule has 0 aromatic rings. The Kier molecular flexibility index (Phi) is 96.8. The first-order chi connectivity index (χ1) is 55.2. The van der Waals surface area contributed by atoms with Crippen molar-refractivity contribution in [2.24, 2.45) is 5.41 Å². The van der Waals surface area contributed by atoms with E-state index in [0.717, 1.165) is 0 Å². The Morgan fingerprint density at radius 1 is 0.125 bits per heavy atom. The van der Waals surface area contributed by atoms with Gasteiger partial charge in [0.1, 0.15) is 36.6 Å². The van der Waals surface area contributed by atoms with Gasteiger partial charge in [0.2, 0.25) is 0 Å². The van der Waals surface area contributed by atoms with Crippen molar-refractivity contribution in [1.82, 2.24) is 0 Å². The predicted molar refractivity (Wildman–Crippen MR) is 395 cm³/mol. The summed E-state index contributed by atoms with van der Waals surface area (Å²) < 4.78 is 165. The minimum Gasteiger partial charge on any atom is -0.394 e. The molecule has 676 valence electrons. The molecule has 0 saturated carbocycles. The first-order valence-corrected chi connectivity index (χ1v) is 38.5. The molecule has 0 saturated heterocycles. The van der Waals surface area contributed by atoms with E-state index in [-0.39, 0.29) is 357 Å².